The van der Waals surface area contributed by atoms with Crippen LogP contribution in [0.2, 0.25) is 0 Å². The average molecular weight is 1030 g/mol. The van der Waals surface area contributed by atoms with Crippen molar-refractivity contribution in [2.24, 2.45) is 10.7 Å². The number of rotatable bonds is 14. The number of carbonyl (C=O) groups is 2. The summed E-state index contributed by atoms with van der Waals surface area (Å²) in [7, 11) is 2.58. The van der Waals surface area contributed by atoms with Crippen LogP contribution in [0.25, 0.3) is 0 Å². The molecule has 2 saturated heterocycles. The fraction of sp³-hybridized carbons (Fsp3) is 0.367. The number of ether oxygens (including phenoxy) is 2. The number of hydrogen-bond acceptors (Lipinski definition) is 12. The van der Waals surface area contributed by atoms with E-state index in [1.165, 1.54) is 36.9 Å². The molecule has 3 unspecified atom stereocenters. The first-order valence-electron chi connectivity index (χ1n) is 22.3. The van der Waals surface area contributed by atoms with Gasteiger partial charge in [-0.3, -0.25) is 19.4 Å². The molecule has 4 aromatic carbocycles. The maximum Gasteiger partial charge on any atom is 0.206 e. The number of thioether (sulfide) groups is 1. The molecule has 2 aliphatic heterocycles. The summed E-state index contributed by atoms with van der Waals surface area (Å²) in [6, 6.07) is 24.2. The van der Waals surface area contributed by atoms with Gasteiger partial charge < -0.3 is 31.6 Å². The molecule has 3 atom stereocenters. The Morgan fingerprint density at radius 1 is 0.868 bits per heavy atom. The van der Waals surface area contributed by atoms with Crippen molar-refractivity contribution in [3.05, 3.63) is 124 Å². The standard InChI is InChI=1S/C24H27FN4O2S.C16H25N4OPS2.C9H8ClFO/c1-3-29-12-4-5-19(14-29)31-18-10-8-17(9-11-18)27-24-28-23(26)22(32-24)21(30)16-7-6-15(2)20(25)13-16;1-2-20-9-3-4-14(10-20)21-13-7-5-12(6-8-13)18-16(23)19-15(17)24-11-22;1-6-2-3-7(4-8(6)11)9(12)5-10/h6-11,13,19H,3-5,12,14,26H2,1-2H3,(H,27,28);5-8,14H,2-4,9-11,22H2,1H3,(H3,17,18,19,23);2-4H,5H2,1H3. The Hall–Kier alpha value is -4.74. The number of likely N-dealkylation sites (N-methyl/N-ethyl adjacent to an activating group) is 2. The van der Waals surface area contributed by atoms with Crippen LogP contribution in [0.4, 0.5) is 31.1 Å². The number of halogens is 3. The van der Waals surface area contributed by atoms with Crippen molar-refractivity contribution in [1.82, 2.24) is 14.8 Å². The summed E-state index contributed by atoms with van der Waals surface area (Å²) >= 11 is 13.1. The number of nitrogens with one attached hydrogen (secondary N) is 2. The molecule has 3 heterocycles. The summed E-state index contributed by atoms with van der Waals surface area (Å²) in [6.45, 7) is 14.1. The van der Waals surface area contributed by atoms with Gasteiger partial charge in [-0.05, 0) is 150 Å². The first-order chi connectivity index (χ1) is 32.7. The number of Topliss-reactive ketones (excluding diaryl/α,β-unsaturated/α-hetero) is 1. The van der Waals surface area contributed by atoms with Gasteiger partial charge in [0.25, 0.3) is 0 Å². The number of thiocarbonyl (C=S) groups is 1. The van der Waals surface area contributed by atoms with Crippen LogP contribution >= 0.6 is 56.2 Å². The van der Waals surface area contributed by atoms with Crippen LogP contribution < -0.4 is 31.6 Å². The highest BCUT2D eigenvalue weighted by molar-refractivity contribution is 8.16. The lowest BCUT2D eigenvalue weighted by Crippen LogP contribution is -2.40. The number of ketones is 2. The van der Waals surface area contributed by atoms with Crippen molar-refractivity contribution in [1.29, 1.82) is 0 Å². The molecule has 2 fully saturated rings. The predicted molar refractivity (Wildman–Crippen MR) is 285 cm³/mol. The molecule has 12 nitrogen and oxygen atoms in total. The first-order valence-corrected chi connectivity index (χ1v) is 25.9. The Morgan fingerprint density at radius 2 is 1.38 bits per heavy atom. The number of likely N-dealkylation sites (tertiary alicyclic amines) is 2. The van der Waals surface area contributed by atoms with Gasteiger partial charge in [0.15, 0.2) is 21.2 Å². The lowest BCUT2D eigenvalue weighted by atomic mass is 10.1. The van der Waals surface area contributed by atoms with Crippen LogP contribution in [0.15, 0.2) is 89.9 Å². The van der Waals surface area contributed by atoms with Gasteiger partial charge >= 0.3 is 0 Å². The molecular formula is C49H60ClF2N8O4PS3. The number of aryl methyl sites for hydroxylation is 2. The highest BCUT2D eigenvalue weighted by atomic mass is 35.5. The normalized spacial score (nSPS) is 16.3. The molecule has 0 spiro atoms. The van der Waals surface area contributed by atoms with Crippen LogP contribution in [0.3, 0.4) is 0 Å². The van der Waals surface area contributed by atoms with E-state index in [1.807, 2.05) is 48.5 Å². The third-order valence-electron chi connectivity index (χ3n) is 11.0. The van der Waals surface area contributed by atoms with Crippen LogP contribution in [0.5, 0.6) is 11.5 Å². The summed E-state index contributed by atoms with van der Waals surface area (Å²) in [5, 5.41) is 7.55. The molecule has 0 bridgehead atoms. The summed E-state index contributed by atoms with van der Waals surface area (Å²) in [4.78, 5) is 37.2. The first kappa shape index (κ1) is 54.2. The molecular weight excluding hydrogens is 965 g/mol. The van der Waals surface area contributed by atoms with Gasteiger partial charge in [-0.1, -0.05) is 61.2 Å². The van der Waals surface area contributed by atoms with Crippen LogP contribution in [0.1, 0.15) is 76.3 Å². The number of nitrogens with two attached hydrogens (primary N) is 2. The summed E-state index contributed by atoms with van der Waals surface area (Å²) in [6.07, 6.45) is 5.01. The minimum atomic E-state index is -0.421. The number of piperidine rings is 2. The quantitative estimate of drug-likeness (QED) is 0.0208. The van der Waals surface area contributed by atoms with E-state index in [9.17, 15) is 18.4 Å². The molecule has 0 amide bonds. The number of alkyl halides is 1. The smallest absolute Gasteiger partial charge is 0.206 e. The highest BCUT2D eigenvalue weighted by Crippen LogP contribution is 2.31. The van der Waals surface area contributed by atoms with E-state index in [0.29, 0.717) is 32.1 Å². The Labute approximate surface area is 419 Å². The van der Waals surface area contributed by atoms with Crippen LogP contribution in [-0.4, -0.2) is 99.5 Å². The minimum absolute atomic E-state index is 0.109. The van der Waals surface area contributed by atoms with E-state index in [4.69, 9.17) is 44.8 Å². The largest absolute Gasteiger partial charge is 0.489 e. The van der Waals surface area contributed by atoms with Crippen LogP contribution in [0, 0.1) is 25.5 Å². The van der Waals surface area contributed by atoms with Crippen molar-refractivity contribution < 1.29 is 27.8 Å². The zero-order chi connectivity index (χ0) is 49.2. The fourth-order valence-electron chi connectivity index (χ4n) is 7.16. The number of carbonyl (C=O) groups excluding carboxylic acids is 2. The van der Waals surface area contributed by atoms with Crippen molar-refractivity contribution >= 4 is 100 Å². The highest BCUT2D eigenvalue weighted by Gasteiger charge is 2.22. The maximum atomic E-state index is 13.8. The number of amidine groups is 1. The van der Waals surface area contributed by atoms with Crippen LogP contribution in [-0.2, 0) is 0 Å². The number of aliphatic imine (C=N–C) groups is 1. The Balaban J connectivity index is 0.000000211. The number of hydrogen-bond donors (Lipinski definition) is 4. The molecule has 7 rings (SSSR count). The van der Waals surface area contributed by atoms with E-state index in [1.54, 1.807) is 38.1 Å². The van der Waals surface area contributed by atoms with E-state index in [2.05, 4.69) is 53.5 Å². The third-order valence-corrected chi connectivity index (χ3v) is 13.5. The van der Waals surface area contributed by atoms with E-state index in [0.717, 1.165) is 91.7 Å². The lowest BCUT2D eigenvalue weighted by molar-refractivity contribution is 0.0919. The molecule has 19 heteroatoms. The van der Waals surface area contributed by atoms with Crippen molar-refractivity contribution in [3.63, 3.8) is 0 Å². The van der Waals surface area contributed by atoms with Gasteiger partial charge in [0.05, 0.1) is 5.88 Å². The van der Waals surface area contributed by atoms with Crippen molar-refractivity contribution in [2.75, 3.05) is 67.0 Å². The van der Waals surface area contributed by atoms with Gasteiger partial charge in [0.1, 0.15) is 46.0 Å². The fourth-order valence-corrected chi connectivity index (χ4v) is 9.30. The predicted octanol–water partition coefficient (Wildman–Crippen LogP) is 10.7. The second-order valence-electron chi connectivity index (χ2n) is 16.0. The Kier molecular flexibility index (Phi) is 21.9. The SMILES string of the molecule is CCN1CCCC(Oc2ccc(NC(=S)N=C(N)SCP)cc2)C1.CCN1CCCC(Oc2ccc(Nc3nc(N)c(C(=O)c4ccc(C)c(F)c4)s3)cc2)C1.Cc1ccc(C(=O)CCl)cc1F. The minimum Gasteiger partial charge on any atom is -0.489 e. The third kappa shape index (κ3) is 17.0. The Morgan fingerprint density at radius 3 is 1.88 bits per heavy atom. The number of thiazole rings is 1. The topological polar surface area (TPSA) is 160 Å². The number of benzene rings is 4. The second-order valence-corrected chi connectivity index (χ2v) is 19.7. The summed E-state index contributed by atoms with van der Waals surface area (Å²) < 4.78 is 39.0. The number of nitrogens with zero attached hydrogens (tertiary/aromatic N) is 4. The van der Waals surface area contributed by atoms with E-state index in [-0.39, 0.29) is 51.7 Å². The van der Waals surface area contributed by atoms with E-state index < -0.39 is 5.82 Å². The molecule has 0 aliphatic carbocycles. The second kappa shape index (κ2) is 27.4. The zero-order valence-corrected chi connectivity index (χ0v) is 43.1. The molecule has 1 aromatic heterocycles. The Bertz CT molecular complexity index is 2490. The van der Waals surface area contributed by atoms with E-state index >= 15 is 0 Å². The molecule has 5 aromatic rings. The average Bonchev–Trinajstić information content (AvgIpc) is 3.71. The molecule has 6 N–H and O–H groups in total. The zero-order valence-electron chi connectivity index (χ0n) is 38.7. The number of nitrogen functional groups attached to an aromatic ring is 1. The molecule has 0 radical (unpaired) electrons. The van der Waals surface area contributed by atoms with Gasteiger partial charge in [0.2, 0.25) is 5.78 Å². The summed E-state index contributed by atoms with van der Waals surface area (Å²) in [5.74, 6) is 0.343. The van der Waals surface area contributed by atoms with Gasteiger partial charge in [0, 0.05) is 41.1 Å². The molecule has 2 aliphatic rings. The molecule has 68 heavy (non-hydrogen) atoms. The van der Waals surface area contributed by atoms with Crippen molar-refractivity contribution in [2.45, 2.75) is 65.6 Å². The molecule has 0 saturated carbocycles. The summed E-state index contributed by atoms with van der Waals surface area (Å²) in [5.41, 5.74) is 15.8. The molecule has 364 valence electrons. The number of aromatic nitrogens is 1. The monoisotopic (exact) mass is 1020 g/mol. The lowest BCUT2D eigenvalue weighted by Gasteiger charge is -2.32. The van der Waals surface area contributed by atoms with Crippen molar-refractivity contribution in [3.8, 4) is 11.5 Å². The number of anilines is 4. The van der Waals surface area contributed by atoms with Gasteiger partial charge in [-0.2, -0.15) is 4.99 Å². The maximum absolute atomic E-state index is 13.8. The van der Waals surface area contributed by atoms with Gasteiger partial charge in [-0.15, -0.1) is 20.8 Å². The van der Waals surface area contributed by atoms with Gasteiger partial charge in [-0.25, -0.2) is 13.8 Å².